The molecule has 0 aliphatic rings. The van der Waals surface area contributed by atoms with Gasteiger partial charge in [-0.1, -0.05) is 72.5 Å². The lowest BCUT2D eigenvalue weighted by Gasteiger charge is -2.10. The number of aromatic nitrogens is 5. The van der Waals surface area contributed by atoms with Crippen LogP contribution in [0.2, 0.25) is 5.28 Å². The zero-order chi connectivity index (χ0) is 35.9. The summed E-state index contributed by atoms with van der Waals surface area (Å²) in [6.07, 6.45) is 0. The first-order valence-electron chi connectivity index (χ1n) is 17.4. The average molecular weight is 462 g/mol. The van der Waals surface area contributed by atoms with Gasteiger partial charge in [0.25, 0.3) is 0 Å². The van der Waals surface area contributed by atoms with Crippen LogP contribution >= 0.6 is 11.6 Å². The Morgan fingerprint density at radius 2 is 0.788 bits per heavy atom. The van der Waals surface area contributed by atoms with Gasteiger partial charge in [0.05, 0.1) is 44.0 Å². The minimum absolute atomic E-state index is 0.272. The Labute approximate surface area is 216 Å². The van der Waals surface area contributed by atoms with Crippen molar-refractivity contribution >= 4 is 55.2 Å². The number of rotatable bonds is 2. The predicted octanol–water partition coefficient (Wildman–Crippen LogP) is 6.72. The average Bonchev–Trinajstić information content (AvgIpc) is 3.63. The maximum atomic E-state index is 8.74. The number of para-hydroxylation sites is 4. The second kappa shape index (κ2) is 6.89. The van der Waals surface area contributed by atoms with E-state index in [1.165, 1.54) is 0 Å². The summed E-state index contributed by atoms with van der Waals surface area (Å²) in [5, 5.41) is -1.68. The molecule has 0 aliphatic carbocycles. The SMILES string of the molecule is [2H]c1c([2H])c([2H])c2c(c1[2H])c1c([2H])c([2H])c([2H])c([2H])c1n2-c1nc(Cl)nc(-n2c3c([2H])c([2H])c([2H])c([2H])c3c3c([2H])c([2H])c([2H])c([2H])c32)n1. The van der Waals surface area contributed by atoms with Crippen LogP contribution in [0.25, 0.3) is 55.5 Å². The molecule has 7 aromatic rings. The first kappa shape index (κ1) is 8.61. The van der Waals surface area contributed by atoms with E-state index < -0.39 is 114 Å². The van der Waals surface area contributed by atoms with Gasteiger partial charge in [-0.3, -0.25) is 9.13 Å². The zero-order valence-corrected chi connectivity index (χ0v) is 16.9. The summed E-state index contributed by atoms with van der Waals surface area (Å²) in [4.78, 5) is 12.7. The molecule has 0 saturated heterocycles. The van der Waals surface area contributed by atoms with Crippen LogP contribution in [0.3, 0.4) is 0 Å². The van der Waals surface area contributed by atoms with Crippen molar-refractivity contribution in [3.63, 3.8) is 0 Å². The van der Waals surface area contributed by atoms with Gasteiger partial charge in [-0.15, -0.1) is 0 Å². The summed E-state index contributed by atoms with van der Waals surface area (Å²) >= 11 is 6.41. The van der Waals surface area contributed by atoms with E-state index in [-0.39, 0.29) is 43.6 Å². The highest BCUT2D eigenvalue weighted by atomic mass is 35.5. The molecule has 3 heterocycles. The molecule has 33 heavy (non-hydrogen) atoms. The van der Waals surface area contributed by atoms with E-state index in [1.807, 2.05) is 0 Å². The molecule has 4 aromatic carbocycles. The van der Waals surface area contributed by atoms with Gasteiger partial charge in [-0.2, -0.15) is 15.0 Å². The lowest BCUT2D eigenvalue weighted by molar-refractivity contribution is 0.887. The van der Waals surface area contributed by atoms with Crippen LogP contribution in [-0.4, -0.2) is 24.1 Å². The molecule has 0 radical (unpaired) electrons. The molecule has 5 nitrogen and oxygen atoms in total. The highest BCUT2D eigenvalue weighted by molar-refractivity contribution is 6.28. The van der Waals surface area contributed by atoms with Crippen molar-refractivity contribution in [3.8, 4) is 11.9 Å². The van der Waals surface area contributed by atoms with Crippen molar-refractivity contribution in [1.29, 1.82) is 0 Å². The molecule has 0 spiro atoms. The van der Waals surface area contributed by atoms with E-state index in [1.54, 1.807) is 0 Å². The Hall–Kier alpha value is -4.22. The molecule has 0 N–H and O–H groups in total. The van der Waals surface area contributed by atoms with Crippen LogP contribution in [-0.2, 0) is 0 Å². The standard InChI is InChI=1S/C27H16ClN5/c28-25-29-26(32-21-13-5-1-9-17(21)18-10-2-6-14-22(18)32)31-27(30-25)33-23-15-7-3-11-19(23)20-12-4-8-16-24(20)33/h1-16H/i1D,2D,3D,4D,5D,6D,7D,8D,9D,10D,11D,12D,13D,14D,15D,16D. The Morgan fingerprint density at radius 1 is 0.485 bits per heavy atom. The first-order chi connectivity index (χ1) is 22.9. The second-order valence-electron chi connectivity index (χ2n) is 6.77. The molecule has 0 atom stereocenters. The van der Waals surface area contributed by atoms with Gasteiger partial charge in [0.1, 0.15) is 0 Å². The van der Waals surface area contributed by atoms with Crippen molar-refractivity contribution in [2.24, 2.45) is 0 Å². The number of hydrogen-bond acceptors (Lipinski definition) is 3. The quantitative estimate of drug-likeness (QED) is 0.287. The summed E-state index contributed by atoms with van der Waals surface area (Å²) in [5.41, 5.74) is -1.36. The second-order valence-corrected chi connectivity index (χ2v) is 7.11. The van der Waals surface area contributed by atoms with Crippen LogP contribution in [0.5, 0.6) is 0 Å². The third-order valence-electron chi connectivity index (χ3n) is 5.05. The molecular formula is C27H16ClN5. The van der Waals surface area contributed by atoms with Gasteiger partial charge in [-0.25, -0.2) is 0 Å². The fourth-order valence-electron chi connectivity index (χ4n) is 3.77. The van der Waals surface area contributed by atoms with Gasteiger partial charge in [0.15, 0.2) is 0 Å². The summed E-state index contributed by atoms with van der Waals surface area (Å²) in [7, 11) is 0. The molecule has 0 amide bonds. The molecular weight excluding hydrogens is 430 g/mol. The minimum Gasteiger partial charge on any atom is -0.278 e. The minimum atomic E-state index is -0.702. The highest BCUT2D eigenvalue weighted by Crippen LogP contribution is 2.33. The number of benzene rings is 4. The van der Waals surface area contributed by atoms with Crippen molar-refractivity contribution < 1.29 is 21.9 Å². The summed E-state index contributed by atoms with van der Waals surface area (Å²) < 4.78 is 138. The van der Waals surface area contributed by atoms with Crippen molar-refractivity contribution in [2.75, 3.05) is 0 Å². The number of hydrogen-bond donors (Lipinski definition) is 0. The fraction of sp³-hybridized carbons (Fsp3) is 0. The molecule has 0 unspecified atom stereocenters. The molecule has 0 fully saturated rings. The van der Waals surface area contributed by atoms with Crippen LogP contribution < -0.4 is 0 Å². The van der Waals surface area contributed by atoms with E-state index in [0.29, 0.717) is 0 Å². The Kier molecular flexibility index (Phi) is 1.80. The zero-order valence-electron chi connectivity index (χ0n) is 32.1. The maximum Gasteiger partial charge on any atom is 0.240 e. The van der Waals surface area contributed by atoms with Gasteiger partial charge < -0.3 is 0 Å². The van der Waals surface area contributed by atoms with Crippen LogP contribution in [0.15, 0.2) is 96.7 Å². The molecule has 0 aliphatic heterocycles. The Morgan fingerprint density at radius 3 is 1.12 bits per heavy atom. The van der Waals surface area contributed by atoms with Gasteiger partial charge in [-0.05, 0) is 35.8 Å². The van der Waals surface area contributed by atoms with Crippen molar-refractivity contribution in [2.45, 2.75) is 0 Å². The summed E-state index contributed by atoms with van der Waals surface area (Å²) in [6, 6.07) is -10.6. The molecule has 0 saturated carbocycles. The maximum absolute atomic E-state index is 8.74. The van der Waals surface area contributed by atoms with E-state index in [4.69, 9.17) is 33.5 Å². The fourth-order valence-corrected chi connectivity index (χ4v) is 3.92. The van der Waals surface area contributed by atoms with Gasteiger partial charge in [0, 0.05) is 21.5 Å². The van der Waals surface area contributed by atoms with Gasteiger partial charge in [0.2, 0.25) is 17.2 Å². The van der Waals surface area contributed by atoms with Gasteiger partial charge >= 0.3 is 0 Å². The molecule has 156 valence electrons. The monoisotopic (exact) mass is 461 g/mol. The highest BCUT2D eigenvalue weighted by Gasteiger charge is 2.18. The van der Waals surface area contributed by atoms with E-state index in [9.17, 15) is 0 Å². The number of nitrogens with zero attached hydrogens (tertiary/aromatic N) is 5. The normalized spacial score (nSPS) is 18.6. The Bertz CT molecular complexity index is 2370. The summed E-state index contributed by atoms with van der Waals surface area (Å²) in [5.74, 6) is -1.08. The topological polar surface area (TPSA) is 48.5 Å². The van der Waals surface area contributed by atoms with E-state index >= 15 is 0 Å². The first-order valence-corrected chi connectivity index (χ1v) is 9.75. The number of halogens is 1. The molecule has 0 bridgehead atoms. The van der Waals surface area contributed by atoms with Crippen molar-refractivity contribution in [3.05, 3.63) is 102 Å². The summed E-state index contributed by atoms with van der Waals surface area (Å²) in [6.45, 7) is 0. The van der Waals surface area contributed by atoms with Crippen LogP contribution in [0.1, 0.15) is 21.9 Å². The predicted molar refractivity (Wildman–Crippen MR) is 134 cm³/mol. The van der Waals surface area contributed by atoms with Crippen LogP contribution in [0, 0.1) is 0 Å². The van der Waals surface area contributed by atoms with Crippen LogP contribution in [0.4, 0.5) is 0 Å². The molecule has 3 aromatic heterocycles. The van der Waals surface area contributed by atoms with Crippen molar-refractivity contribution in [1.82, 2.24) is 24.1 Å². The van der Waals surface area contributed by atoms with E-state index in [2.05, 4.69) is 15.0 Å². The van der Waals surface area contributed by atoms with E-state index in [0.717, 1.165) is 9.13 Å². The Balaban J connectivity index is 1.74. The third-order valence-corrected chi connectivity index (χ3v) is 5.22. The largest absolute Gasteiger partial charge is 0.278 e. The third kappa shape index (κ3) is 2.63. The lowest BCUT2D eigenvalue weighted by atomic mass is 10.2. The number of fused-ring (bicyclic) bond motifs is 6. The lowest BCUT2D eigenvalue weighted by Crippen LogP contribution is -2.08. The molecule has 6 heteroatoms. The molecule has 7 rings (SSSR count). The smallest absolute Gasteiger partial charge is 0.240 e.